The number of hydrogen-bond acceptors (Lipinski definition) is 1. The van der Waals surface area contributed by atoms with Crippen LogP contribution < -0.4 is 4.74 Å². The van der Waals surface area contributed by atoms with Crippen molar-refractivity contribution in [2.45, 2.75) is 83.0 Å². The molecular weight excluding hydrogens is 420 g/mol. The highest BCUT2D eigenvalue weighted by molar-refractivity contribution is 9.10. The van der Waals surface area contributed by atoms with Crippen LogP contribution in [0.15, 0.2) is 34.8 Å². The van der Waals surface area contributed by atoms with Gasteiger partial charge < -0.3 is 4.74 Å². The molecule has 1 nitrogen and oxygen atoms in total. The normalized spacial score (nSPS) is 30.2. The van der Waals surface area contributed by atoms with Crippen molar-refractivity contribution in [1.82, 2.24) is 0 Å². The molecule has 4 saturated carbocycles. The van der Waals surface area contributed by atoms with Crippen molar-refractivity contribution in [3.63, 3.8) is 0 Å². The van der Waals surface area contributed by atoms with Crippen LogP contribution in [0.4, 0.5) is 0 Å². The minimum Gasteiger partial charge on any atom is -0.493 e. The molecular formula is C27H35BrO. The second-order valence-electron chi connectivity index (χ2n) is 10.3. The van der Waals surface area contributed by atoms with Crippen LogP contribution >= 0.6 is 15.9 Å². The van der Waals surface area contributed by atoms with E-state index >= 15 is 0 Å². The average molecular weight is 455 g/mol. The molecule has 0 N–H and O–H groups in total. The fourth-order valence-electron chi connectivity index (χ4n) is 7.11. The Hall–Kier alpha value is -1.02. The lowest BCUT2D eigenvalue weighted by atomic mass is 9.48. The van der Waals surface area contributed by atoms with Crippen molar-refractivity contribution < 1.29 is 4.74 Å². The first-order chi connectivity index (χ1) is 14.1. The van der Waals surface area contributed by atoms with Gasteiger partial charge in [-0.2, -0.15) is 0 Å². The predicted molar refractivity (Wildman–Crippen MR) is 126 cm³/mol. The van der Waals surface area contributed by atoms with Crippen LogP contribution in [0.2, 0.25) is 0 Å². The first kappa shape index (κ1) is 19.9. The van der Waals surface area contributed by atoms with E-state index in [2.05, 4.69) is 53.2 Å². The zero-order valence-corrected chi connectivity index (χ0v) is 19.5. The molecule has 2 aromatic rings. The monoisotopic (exact) mass is 454 g/mol. The SMILES string of the molecule is CCCCCCCOc1cc2ccc(Br)cc2cc1C12CC3CC(CC(C3)C1)C2. The van der Waals surface area contributed by atoms with Crippen LogP contribution in [0.3, 0.4) is 0 Å². The molecule has 0 unspecified atom stereocenters. The van der Waals surface area contributed by atoms with Crippen molar-refractivity contribution in [3.8, 4) is 5.75 Å². The van der Waals surface area contributed by atoms with E-state index in [-0.39, 0.29) is 0 Å². The number of hydrogen-bond donors (Lipinski definition) is 0. The molecule has 0 spiro atoms. The summed E-state index contributed by atoms with van der Waals surface area (Å²) in [5.74, 6) is 4.07. The Morgan fingerprint density at radius 3 is 2.24 bits per heavy atom. The number of ether oxygens (including phenoxy) is 1. The Morgan fingerprint density at radius 1 is 0.862 bits per heavy atom. The van der Waals surface area contributed by atoms with E-state index in [9.17, 15) is 0 Å². The third-order valence-corrected chi connectivity index (χ3v) is 8.51. The Morgan fingerprint density at radius 2 is 1.55 bits per heavy atom. The molecule has 6 rings (SSSR count). The third kappa shape index (κ3) is 3.99. The smallest absolute Gasteiger partial charge is 0.123 e. The molecule has 0 heterocycles. The van der Waals surface area contributed by atoms with Gasteiger partial charge in [-0.25, -0.2) is 0 Å². The summed E-state index contributed by atoms with van der Waals surface area (Å²) in [4.78, 5) is 0. The van der Waals surface area contributed by atoms with Crippen molar-refractivity contribution in [2.75, 3.05) is 6.61 Å². The summed E-state index contributed by atoms with van der Waals surface area (Å²) < 4.78 is 7.71. The minimum atomic E-state index is 0.378. The molecule has 4 aliphatic rings. The van der Waals surface area contributed by atoms with Gasteiger partial charge >= 0.3 is 0 Å². The molecule has 0 aromatic heterocycles. The van der Waals surface area contributed by atoms with E-state index in [0.29, 0.717) is 5.41 Å². The van der Waals surface area contributed by atoms with E-state index < -0.39 is 0 Å². The lowest BCUT2D eigenvalue weighted by Gasteiger charge is -2.57. The van der Waals surface area contributed by atoms with Crippen LogP contribution in [0.25, 0.3) is 10.8 Å². The van der Waals surface area contributed by atoms with E-state index in [1.54, 1.807) is 0 Å². The lowest BCUT2D eigenvalue weighted by molar-refractivity contribution is -0.00633. The van der Waals surface area contributed by atoms with Crippen LogP contribution in [-0.2, 0) is 5.41 Å². The van der Waals surface area contributed by atoms with Crippen molar-refractivity contribution in [3.05, 3.63) is 40.4 Å². The van der Waals surface area contributed by atoms with Gasteiger partial charge in [-0.15, -0.1) is 0 Å². The van der Waals surface area contributed by atoms with Gasteiger partial charge in [0, 0.05) is 10.0 Å². The minimum absolute atomic E-state index is 0.378. The second-order valence-corrected chi connectivity index (χ2v) is 11.2. The Bertz CT molecular complexity index is 835. The largest absolute Gasteiger partial charge is 0.493 e. The van der Waals surface area contributed by atoms with Crippen molar-refractivity contribution >= 4 is 26.7 Å². The molecule has 156 valence electrons. The van der Waals surface area contributed by atoms with Crippen LogP contribution in [0, 0.1) is 17.8 Å². The highest BCUT2D eigenvalue weighted by Crippen LogP contribution is 2.62. The predicted octanol–water partition coefficient (Wildman–Crippen LogP) is 8.42. The molecule has 4 fully saturated rings. The molecule has 2 heteroatoms. The van der Waals surface area contributed by atoms with Crippen molar-refractivity contribution in [2.24, 2.45) is 17.8 Å². The number of unbranched alkanes of at least 4 members (excludes halogenated alkanes) is 4. The summed E-state index contributed by atoms with van der Waals surface area (Å²) in [5, 5.41) is 2.67. The summed E-state index contributed by atoms with van der Waals surface area (Å²) in [6, 6.07) is 11.5. The zero-order chi connectivity index (χ0) is 19.8. The topological polar surface area (TPSA) is 9.23 Å². The number of benzene rings is 2. The molecule has 0 radical (unpaired) electrons. The maximum atomic E-state index is 6.53. The Kier molecular flexibility index (Phi) is 5.67. The lowest BCUT2D eigenvalue weighted by Crippen LogP contribution is -2.48. The standard InChI is InChI=1S/C27H35BrO/c1-2-3-4-5-6-9-29-26-15-22-7-8-24(28)13-23(22)14-25(26)27-16-19-10-20(17-27)12-21(11-19)18-27/h7-8,13-15,19-21H,2-6,9-12,16-18H2,1H3. The van der Waals surface area contributed by atoms with Crippen LogP contribution in [-0.4, -0.2) is 6.61 Å². The van der Waals surface area contributed by atoms with E-state index in [4.69, 9.17) is 4.74 Å². The van der Waals surface area contributed by atoms with Crippen molar-refractivity contribution in [1.29, 1.82) is 0 Å². The van der Waals surface area contributed by atoms with Gasteiger partial charge in [-0.1, -0.05) is 54.6 Å². The van der Waals surface area contributed by atoms with Gasteiger partial charge in [0.05, 0.1) is 6.61 Å². The fourth-order valence-corrected chi connectivity index (χ4v) is 7.49. The van der Waals surface area contributed by atoms with E-state index in [1.807, 2.05) is 0 Å². The second kappa shape index (κ2) is 8.25. The summed E-state index contributed by atoms with van der Waals surface area (Å²) in [6.45, 7) is 3.15. The number of halogens is 1. The summed E-state index contributed by atoms with van der Waals surface area (Å²) in [6.07, 6.45) is 15.1. The van der Waals surface area contributed by atoms with Gasteiger partial charge in [0.1, 0.15) is 5.75 Å². The van der Waals surface area contributed by atoms with Gasteiger partial charge in [0.15, 0.2) is 0 Å². The highest BCUT2D eigenvalue weighted by Gasteiger charge is 2.52. The Labute approximate surface area is 184 Å². The van der Waals surface area contributed by atoms with E-state index in [0.717, 1.165) is 24.4 Å². The molecule has 4 bridgehead atoms. The molecule has 29 heavy (non-hydrogen) atoms. The molecule has 2 aromatic carbocycles. The number of fused-ring (bicyclic) bond motifs is 1. The average Bonchev–Trinajstić information content (AvgIpc) is 2.69. The molecule has 0 aliphatic heterocycles. The Balaban J connectivity index is 1.45. The maximum absolute atomic E-state index is 6.53. The molecule has 0 saturated heterocycles. The first-order valence-electron chi connectivity index (χ1n) is 12.0. The quantitative estimate of drug-likeness (QED) is 0.363. The van der Waals surface area contributed by atoms with E-state index in [1.165, 1.54) is 97.2 Å². The first-order valence-corrected chi connectivity index (χ1v) is 12.8. The van der Waals surface area contributed by atoms with Crippen LogP contribution in [0.1, 0.15) is 83.1 Å². The number of rotatable bonds is 8. The highest BCUT2D eigenvalue weighted by atomic mass is 79.9. The summed E-state index contributed by atoms with van der Waals surface area (Å²) in [5.41, 5.74) is 1.92. The third-order valence-electron chi connectivity index (χ3n) is 8.02. The summed E-state index contributed by atoms with van der Waals surface area (Å²) >= 11 is 3.68. The molecule has 0 atom stereocenters. The zero-order valence-electron chi connectivity index (χ0n) is 17.9. The summed E-state index contributed by atoms with van der Waals surface area (Å²) in [7, 11) is 0. The van der Waals surface area contributed by atoms with Gasteiger partial charge in [-0.3, -0.25) is 0 Å². The van der Waals surface area contributed by atoms with Crippen LogP contribution in [0.5, 0.6) is 5.75 Å². The van der Waals surface area contributed by atoms with Gasteiger partial charge in [0.25, 0.3) is 0 Å². The molecule has 0 amide bonds. The van der Waals surface area contributed by atoms with Gasteiger partial charge in [-0.05, 0) is 103 Å². The molecule has 4 aliphatic carbocycles. The van der Waals surface area contributed by atoms with Gasteiger partial charge in [0.2, 0.25) is 0 Å². The fraction of sp³-hybridized carbons (Fsp3) is 0.630. The maximum Gasteiger partial charge on any atom is 0.123 e.